The van der Waals surface area contributed by atoms with Gasteiger partial charge in [0.25, 0.3) is 0 Å². The molecule has 0 saturated heterocycles. The second kappa shape index (κ2) is 5.54. The van der Waals surface area contributed by atoms with Gasteiger partial charge in [-0.1, -0.05) is 18.9 Å². The molecule has 0 radical (unpaired) electrons. The second-order valence-electron chi connectivity index (χ2n) is 4.43. The number of rotatable bonds is 4. The van der Waals surface area contributed by atoms with E-state index in [1.165, 1.54) is 37.8 Å². The summed E-state index contributed by atoms with van der Waals surface area (Å²) in [4.78, 5) is 0. The number of benzene rings is 1. The first-order valence-corrected chi connectivity index (χ1v) is 6.96. The van der Waals surface area contributed by atoms with E-state index >= 15 is 0 Å². The Bertz CT molecular complexity index is 414. The number of thioether (sulfide) groups is 1. The summed E-state index contributed by atoms with van der Waals surface area (Å²) < 4.78 is 13.1. The van der Waals surface area contributed by atoms with Crippen LogP contribution < -0.4 is 5.73 Å². The molecular formula is C13H17FN2S. The summed E-state index contributed by atoms with van der Waals surface area (Å²) in [6.45, 7) is 0. The zero-order valence-electron chi connectivity index (χ0n) is 9.71. The summed E-state index contributed by atoms with van der Waals surface area (Å²) in [5.74, 6) is 0.441. The van der Waals surface area contributed by atoms with Crippen molar-refractivity contribution in [2.45, 2.75) is 36.7 Å². The lowest BCUT2D eigenvalue weighted by Crippen LogP contribution is -2.14. The van der Waals surface area contributed by atoms with E-state index in [1.54, 1.807) is 6.07 Å². The van der Waals surface area contributed by atoms with Gasteiger partial charge in [0.1, 0.15) is 11.7 Å². The van der Waals surface area contributed by atoms with Gasteiger partial charge in [-0.25, -0.2) is 4.39 Å². The van der Waals surface area contributed by atoms with Crippen molar-refractivity contribution in [3.05, 3.63) is 35.1 Å². The molecule has 0 heterocycles. The van der Waals surface area contributed by atoms with Gasteiger partial charge in [0, 0.05) is 16.6 Å². The molecule has 2 rings (SSSR count). The molecule has 2 nitrogen and oxygen atoms in total. The number of hydrogen-bond donors (Lipinski definition) is 2. The lowest BCUT2D eigenvalue weighted by molar-refractivity contribution is 0.627. The number of nitrogens with two attached hydrogens (primary N) is 1. The Morgan fingerprint density at radius 3 is 2.76 bits per heavy atom. The van der Waals surface area contributed by atoms with Crippen LogP contribution in [0.2, 0.25) is 0 Å². The van der Waals surface area contributed by atoms with Crippen molar-refractivity contribution in [1.82, 2.24) is 0 Å². The Morgan fingerprint density at radius 2 is 2.12 bits per heavy atom. The van der Waals surface area contributed by atoms with Crippen molar-refractivity contribution >= 4 is 17.6 Å². The van der Waals surface area contributed by atoms with E-state index in [2.05, 4.69) is 0 Å². The van der Waals surface area contributed by atoms with Gasteiger partial charge in [0.15, 0.2) is 0 Å². The molecule has 92 valence electrons. The summed E-state index contributed by atoms with van der Waals surface area (Å²) in [5, 5.41) is 8.18. The van der Waals surface area contributed by atoms with E-state index in [1.807, 2.05) is 11.8 Å². The van der Waals surface area contributed by atoms with Crippen LogP contribution in [0.3, 0.4) is 0 Å². The lowest BCUT2D eigenvalue weighted by Gasteiger charge is -2.11. The van der Waals surface area contributed by atoms with Gasteiger partial charge in [-0.3, -0.25) is 5.41 Å². The van der Waals surface area contributed by atoms with Gasteiger partial charge >= 0.3 is 0 Å². The van der Waals surface area contributed by atoms with E-state index in [0.29, 0.717) is 5.56 Å². The van der Waals surface area contributed by atoms with Gasteiger partial charge in [-0.2, -0.15) is 11.8 Å². The molecule has 0 aliphatic heterocycles. The SMILES string of the molecule is N=C(N)c1cc(F)ccc1CSC1CCCC1. The van der Waals surface area contributed by atoms with E-state index in [-0.39, 0.29) is 11.7 Å². The fraction of sp³-hybridized carbons (Fsp3) is 0.462. The molecule has 0 aromatic heterocycles. The summed E-state index contributed by atoms with van der Waals surface area (Å²) >= 11 is 1.90. The molecule has 1 aliphatic rings. The largest absolute Gasteiger partial charge is 0.384 e. The fourth-order valence-electron chi connectivity index (χ4n) is 2.19. The molecule has 0 amide bonds. The van der Waals surface area contributed by atoms with E-state index < -0.39 is 0 Å². The van der Waals surface area contributed by atoms with E-state index in [0.717, 1.165) is 16.6 Å². The molecule has 1 saturated carbocycles. The van der Waals surface area contributed by atoms with E-state index in [9.17, 15) is 4.39 Å². The predicted octanol–water partition coefficient (Wildman–Crippen LogP) is 3.29. The third-order valence-corrected chi connectivity index (χ3v) is 4.56. The minimum Gasteiger partial charge on any atom is -0.384 e. The fourth-order valence-corrected chi connectivity index (χ4v) is 3.52. The number of halogens is 1. The molecular weight excluding hydrogens is 235 g/mol. The van der Waals surface area contributed by atoms with Gasteiger partial charge in [0.2, 0.25) is 0 Å². The van der Waals surface area contributed by atoms with Gasteiger partial charge < -0.3 is 5.73 Å². The molecule has 0 unspecified atom stereocenters. The van der Waals surface area contributed by atoms with Crippen molar-refractivity contribution in [2.75, 3.05) is 0 Å². The standard InChI is InChI=1S/C13H17FN2S/c14-10-6-5-9(12(7-10)13(15)16)8-17-11-3-1-2-4-11/h5-7,11H,1-4,8H2,(H3,15,16). The number of nitrogens with one attached hydrogen (secondary N) is 1. The van der Waals surface area contributed by atoms with Crippen LogP contribution in [0.1, 0.15) is 36.8 Å². The van der Waals surface area contributed by atoms with Crippen LogP contribution in [0.4, 0.5) is 4.39 Å². The van der Waals surface area contributed by atoms with Crippen LogP contribution in [-0.4, -0.2) is 11.1 Å². The highest BCUT2D eigenvalue weighted by atomic mass is 32.2. The molecule has 1 aromatic carbocycles. The molecule has 3 N–H and O–H groups in total. The average Bonchev–Trinajstić information content (AvgIpc) is 2.80. The Balaban J connectivity index is 2.06. The van der Waals surface area contributed by atoms with Crippen molar-refractivity contribution in [1.29, 1.82) is 5.41 Å². The maximum absolute atomic E-state index is 13.1. The molecule has 1 aromatic rings. The van der Waals surface area contributed by atoms with Crippen LogP contribution in [0.5, 0.6) is 0 Å². The predicted molar refractivity (Wildman–Crippen MR) is 71.0 cm³/mol. The minimum absolute atomic E-state index is 0.0495. The molecule has 0 atom stereocenters. The first-order valence-electron chi connectivity index (χ1n) is 5.91. The molecule has 17 heavy (non-hydrogen) atoms. The van der Waals surface area contributed by atoms with Crippen molar-refractivity contribution < 1.29 is 4.39 Å². The first kappa shape index (κ1) is 12.4. The summed E-state index contributed by atoms with van der Waals surface area (Å²) in [6.07, 6.45) is 5.20. The van der Waals surface area contributed by atoms with Crippen LogP contribution in [0, 0.1) is 11.2 Å². The first-order chi connectivity index (χ1) is 8.16. The number of amidine groups is 1. The molecule has 1 fully saturated rings. The highest BCUT2D eigenvalue weighted by Crippen LogP contribution is 2.32. The molecule has 1 aliphatic carbocycles. The third kappa shape index (κ3) is 3.22. The Morgan fingerprint density at radius 1 is 1.41 bits per heavy atom. The molecule has 4 heteroatoms. The normalized spacial score (nSPS) is 16.3. The zero-order valence-corrected chi connectivity index (χ0v) is 10.5. The minimum atomic E-state index is -0.329. The molecule has 0 spiro atoms. The Hall–Kier alpha value is -1.03. The van der Waals surface area contributed by atoms with Crippen molar-refractivity contribution in [3.63, 3.8) is 0 Å². The summed E-state index contributed by atoms with van der Waals surface area (Å²) in [6, 6.07) is 4.54. The van der Waals surface area contributed by atoms with Gasteiger partial charge in [-0.15, -0.1) is 0 Å². The maximum Gasteiger partial charge on any atom is 0.123 e. The number of nitrogen functional groups attached to an aromatic ring is 1. The lowest BCUT2D eigenvalue weighted by atomic mass is 10.1. The quantitative estimate of drug-likeness (QED) is 0.638. The highest BCUT2D eigenvalue weighted by Gasteiger charge is 2.16. The Kier molecular flexibility index (Phi) is 4.05. The van der Waals surface area contributed by atoms with Crippen LogP contribution in [0.25, 0.3) is 0 Å². The zero-order chi connectivity index (χ0) is 12.3. The summed E-state index contributed by atoms with van der Waals surface area (Å²) in [7, 11) is 0. The van der Waals surface area contributed by atoms with Crippen molar-refractivity contribution in [2.24, 2.45) is 5.73 Å². The van der Waals surface area contributed by atoms with Gasteiger partial charge in [0.05, 0.1) is 0 Å². The third-order valence-electron chi connectivity index (χ3n) is 3.14. The Labute approximate surface area is 105 Å². The second-order valence-corrected chi connectivity index (χ2v) is 5.72. The monoisotopic (exact) mass is 252 g/mol. The average molecular weight is 252 g/mol. The van der Waals surface area contributed by atoms with Crippen LogP contribution in [0.15, 0.2) is 18.2 Å². The topological polar surface area (TPSA) is 49.9 Å². The van der Waals surface area contributed by atoms with Gasteiger partial charge in [-0.05, 0) is 30.5 Å². The van der Waals surface area contributed by atoms with Crippen LogP contribution in [-0.2, 0) is 5.75 Å². The molecule has 0 bridgehead atoms. The van der Waals surface area contributed by atoms with E-state index in [4.69, 9.17) is 11.1 Å². The smallest absolute Gasteiger partial charge is 0.123 e. The number of hydrogen-bond acceptors (Lipinski definition) is 2. The van der Waals surface area contributed by atoms with Crippen molar-refractivity contribution in [3.8, 4) is 0 Å². The van der Waals surface area contributed by atoms with Crippen LogP contribution >= 0.6 is 11.8 Å². The highest BCUT2D eigenvalue weighted by molar-refractivity contribution is 7.99. The maximum atomic E-state index is 13.1. The summed E-state index contributed by atoms with van der Waals surface area (Å²) in [5.41, 5.74) is 6.98.